The molecule has 124 valence electrons. The van der Waals surface area contributed by atoms with Gasteiger partial charge in [-0.2, -0.15) is 0 Å². The van der Waals surface area contributed by atoms with Crippen molar-refractivity contribution < 1.29 is 19.4 Å². The van der Waals surface area contributed by atoms with Crippen LogP contribution in [-0.2, 0) is 9.53 Å². The van der Waals surface area contributed by atoms with Crippen molar-refractivity contribution in [2.75, 3.05) is 19.7 Å². The first-order valence-corrected chi connectivity index (χ1v) is 8.50. The average molecular weight is 310 g/mol. The van der Waals surface area contributed by atoms with Crippen LogP contribution in [0.15, 0.2) is 0 Å². The summed E-state index contributed by atoms with van der Waals surface area (Å²) >= 11 is 0. The Kier molecular flexibility index (Phi) is 4.57. The molecule has 2 aliphatic carbocycles. The summed E-state index contributed by atoms with van der Waals surface area (Å²) < 4.78 is 5.95. The maximum Gasteiger partial charge on any atom is 0.317 e. The normalized spacial score (nSPS) is 31.2. The Hall–Kier alpha value is -1.30. The zero-order valence-corrected chi connectivity index (χ0v) is 13.1. The second kappa shape index (κ2) is 6.44. The van der Waals surface area contributed by atoms with Gasteiger partial charge in [-0.05, 0) is 38.5 Å². The SMILES string of the molecule is O=C(O)C1CCC(NC(=O)N2CCOC3(CCCC3)C2)CC1. The largest absolute Gasteiger partial charge is 0.481 e. The molecular formula is C16H26N2O4. The fraction of sp³-hybridized carbons (Fsp3) is 0.875. The van der Waals surface area contributed by atoms with Gasteiger partial charge in [0.2, 0.25) is 0 Å². The van der Waals surface area contributed by atoms with E-state index in [-0.39, 0.29) is 23.6 Å². The minimum atomic E-state index is -0.707. The number of carboxylic acid groups (broad SMARTS) is 1. The van der Waals surface area contributed by atoms with Crippen molar-refractivity contribution in [3.8, 4) is 0 Å². The van der Waals surface area contributed by atoms with E-state index in [1.165, 1.54) is 12.8 Å². The van der Waals surface area contributed by atoms with Crippen LogP contribution in [0.2, 0.25) is 0 Å². The third kappa shape index (κ3) is 3.37. The molecule has 0 aromatic heterocycles. The van der Waals surface area contributed by atoms with Gasteiger partial charge in [0, 0.05) is 12.6 Å². The molecule has 3 rings (SSSR count). The molecule has 0 bridgehead atoms. The summed E-state index contributed by atoms with van der Waals surface area (Å²) in [7, 11) is 0. The number of nitrogens with zero attached hydrogens (tertiary/aromatic N) is 1. The van der Waals surface area contributed by atoms with Crippen LogP contribution in [0.1, 0.15) is 51.4 Å². The Bertz CT molecular complexity index is 426. The summed E-state index contributed by atoms with van der Waals surface area (Å²) in [6.45, 7) is 1.97. The number of hydrogen-bond acceptors (Lipinski definition) is 3. The van der Waals surface area contributed by atoms with Crippen LogP contribution < -0.4 is 5.32 Å². The molecule has 0 atom stereocenters. The predicted octanol–water partition coefficient (Wildman–Crippen LogP) is 1.98. The standard InChI is InChI=1S/C16H26N2O4/c19-14(20)12-3-5-13(6-4-12)17-15(21)18-9-10-22-16(11-18)7-1-2-8-16/h12-13H,1-11H2,(H,17,21)(H,19,20). The average Bonchev–Trinajstić information content (AvgIpc) is 2.95. The van der Waals surface area contributed by atoms with Crippen LogP contribution in [0.4, 0.5) is 4.79 Å². The van der Waals surface area contributed by atoms with E-state index in [1.807, 2.05) is 4.90 Å². The van der Waals surface area contributed by atoms with Gasteiger partial charge in [-0.15, -0.1) is 0 Å². The molecule has 1 saturated heterocycles. The van der Waals surface area contributed by atoms with Crippen molar-refractivity contribution in [2.24, 2.45) is 5.92 Å². The molecule has 0 unspecified atom stereocenters. The number of carbonyl (C=O) groups is 2. The lowest BCUT2D eigenvalue weighted by Crippen LogP contribution is -2.56. The predicted molar refractivity (Wildman–Crippen MR) is 80.6 cm³/mol. The molecule has 6 nitrogen and oxygen atoms in total. The van der Waals surface area contributed by atoms with E-state index in [1.54, 1.807) is 0 Å². The lowest BCUT2D eigenvalue weighted by atomic mass is 9.86. The summed E-state index contributed by atoms with van der Waals surface area (Å²) in [4.78, 5) is 25.3. The number of ether oxygens (including phenoxy) is 1. The van der Waals surface area contributed by atoms with Crippen molar-refractivity contribution in [1.82, 2.24) is 10.2 Å². The molecule has 3 aliphatic rings. The Balaban J connectivity index is 1.49. The fourth-order valence-electron chi connectivity index (χ4n) is 4.09. The molecule has 1 aliphatic heterocycles. The van der Waals surface area contributed by atoms with Crippen LogP contribution in [0, 0.1) is 5.92 Å². The van der Waals surface area contributed by atoms with Crippen molar-refractivity contribution in [3.63, 3.8) is 0 Å². The van der Waals surface area contributed by atoms with Gasteiger partial charge in [0.05, 0.1) is 24.7 Å². The van der Waals surface area contributed by atoms with Gasteiger partial charge in [0.15, 0.2) is 0 Å². The Morgan fingerprint density at radius 3 is 2.45 bits per heavy atom. The molecule has 2 amide bonds. The van der Waals surface area contributed by atoms with Gasteiger partial charge in [0.25, 0.3) is 0 Å². The summed E-state index contributed by atoms with van der Waals surface area (Å²) in [5.74, 6) is -0.945. The van der Waals surface area contributed by atoms with Gasteiger partial charge in [-0.1, -0.05) is 12.8 Å². The van der Waals surface area contributed by atoms with Crippen LogP contribution >= 0.6 is 0 Å². The first kappa shape index (κ1) is 15.6. The highest BCUT2D eigenvalue weighted by Crippen LogP contribution is 2.36. The summed E-state index contributed by atoms with van der Waals surface area (Å²) in [6, 6.07) is 0.110. The minimum absolute atomic E-state index is 0.00616. The molecule has 0 aromatic rings. The molecular weight excluding hydrogens is 284 g/mol. The lowest BCUT2D eigenvalue weighted by molar-refractivity contribution is -0.142. The van der Waals surface area contributed by atoms with Gasteiger partial charge >= 0.3 is 12.0 Å². The Morgan fingerprint density at radius 1 is 1.14 bits per heavy atom. The van der Waals surface area contributed by atoms with Crippen molar-refractivity contribution in [1.29, 1.82) is 0 Å². The van der Waals surface area contributed by atoms with Crippen LogP contribution in [0.5, 0.6) is 0 Å². The highest BCUT2D eigenvalue weighted by atomic mass is 16.5. The van der Waals surface area contributed by atoms with E-state index in [4.69, 9.17) is 9.84 Å². The molecule has 0 radical (unpaired) electrons. The molecule has 0 aromatic carbocycles. The molecule has 2 N–H and O–H groups in total. The minimum Gasteiger partial charge on any atom is -0.481 e. The molecule has 1 heterocycles. The van der Waals surface area contributed by atoms with Crippen molar-refractivity contribution >= 4 is 12.0 Å². The number of aliphatic carboxylic acids is 1. The second-order valence-corrected chi connectivity index (χ2v) is 7.00. The Labute approximate surface area is 131 Å². The van der Waals surface area contributed by atoms with E-state index >= 15 is 0 Å². The van der Waals surface area contributed by atoms with E-state index in [9.17, 15) is 9.59 Å². The van der Waals surface area contributed by atoms with E-state index < -0.39 is 5.97 Å². The number of morpholine rings is 1. The van der Waals surface area contributed by atoms with E-state index in [2.05, 4.69) is 5.32 Å². The number of nitrogens with one attached hydrogen (secondary N) is 1. The number of rotatable bonds is 2. The number of carbonyl (C=O) groups excluding carboxylic acids is 1. The summed E-state index contributed by atoms with van der Waals surface area (Å²) in [5, 5.41) is 12.1. The van der Waals surface area contributed by atoms with Crippen molar-refractivity contribution in [3.05, 3.63) is 0 Å². The zero-order chi connectivity index (χ0) is 15.6. The summed E-state index contributed by atoms with van der Waals surface area (Å²) in [6.07, 6.45) is 7.33. The Morgan fingerprint density at radius 2 is 1.82 bits per heavy atom. The molecule has 1 spiro atoms. The first-order valence-electron chi connectivity index (χ1n) is 8.50. The number of amides is 2. The number of urea groups is 1. The maximum atomic E-state index is 12.5. The molecule has 3 fully saturated rings. The van der Waals surface area contributed by atoms with Crippen LogP contribution in [0.3, 0.4) is 0 Å². The van der Waals surface area contributed by atoms with E-state index in [0.717, 1.165) is 25.7 Å². The highest BCUT2D eigenvalue weighted by Gasteiger charge is 2.41. The lowest BCUT2D eigenvalue weighted by Gasteiger charge is -2.41. The highest BCUT2D eigenvalue weighted by molar-refractivity contribution is 5.75. The molecule has 22 heavy (non-hydrogen) atoms. The molecule has 2 saturated carbocycles. The maximum absolute atomic E-state index is 12.5. The topological polar surface area (TPSA) is 78.9 Å². The number of carboxylic acids is 1. The van der Waals surface area contributed by atoms with Crippen LogP contribution in [-0.4, -0.2) is 53.3 Å². The summed E-state index contributed by atoms with van der Waals surface area (Å²) in [5.41, 5.74) is -0.101. The zero-order valence-electron chi connectivity index (χ0n) is 13.1. The van der Waals surface area contributed by atoms with Crippen molar-refractivity contribution in [2.45, 2.75) is 63.0 Å². The smallest absolute Gasteiger partial charge is 0.317 e. The third-order valence-corrected chi connectivity index (χ3v) is 5.45. The number of hydrogen-bond donors (Lipinski definition) is 2. The molecule has 6 heteroatoms. The van der Waals surface area contributed by atoms with Crippen LogP contribution in [0.25, 0.3) is 0 Å². The van der Waals surface area contributed by atoms with Gasteiger partial charge in [-0.25, -0.2) is 4.79 Å². The van der Waals surface area contributed by atoms with E-state index in [0.29, 0.717) is 32.5 Å². The fourth-order valence-corrected chi connectivity index (χ4v) is 4.09. The van der Waals surface area contributed by atoms with Gasteiger partial charge < -0.3 is 20.1 Å². The quantitative estimate of drug-likeness (QED) is 0.817. The van der Waals surface area contributed by atoms with Gasteiger partial charge in [0.1, 0.15) is 0 Å². The monoisotopic (exact) mass is 310 g/mol. The third-order valence-electron chi connectivity index (χ3n) is 5.45. The van der Waals surface area contributed by atoms with Gasteiger partial charge in [-0.3, -0.25) is 4.79 Å². The second-order valence-electron chi connectivity index (χ2n) is 7.00. The first-order chi connectivity index (χ1) is 10.6.